The van der Waals surface area contributed by atoms with Gasteiger partial charge in [-0.3, -0.25) is 5.32 Å². The van der Waals surface area contributed by atoms with Crippen LogP contribution in [0, 0.1) is 5.92 Å². The molecule has 1 aliphatic heterocycles. The smallest absolute Gasteiger partial charge is 0.412 e. The Hall–Kier alpha value is -2.76. The first-order chi connectivity index (χ1) is 13.1. The number of hydrogen-bond acceptors (Lipinski definition) is 5. The fourth-order valence-corrected chi connectivity index (χ4v) is 2.96. The molecule has 1 aliphatic rings. The van der Waals surface area contributed by atoms with Crippen LogP contribution in [0.2, 0.25) is 0 Å². The Bertz CT molecular complexity index is 805. The predicted molar refractivity (Wildman–Crippen MR) is 104 cm³/mol. The van der Waals surface area contributed by atoms with Gasteiger partial charge in [-0.05, 0) is 49.4 Å². The zero-order valence-corrected chi connectivity index (χ0v) is 16.1. The van der Waals surface area contributed by atoms with E-state index in [0.717, 1.165) is 41.0 Å². The molecular formula is C21H26N2O4. The van der Waals surface area contributed by atoms with Crippen LogP contribution in [0.25, 0.3) is 11.1 Å². The van der Waals surface area contributed by atoms with Crippen molar-refractivity contribution in [3.05, 3.63) is 36.0 Å². The molecule has 3 rings (SSSR count). The van der Waals surface area contributed by atoms with Crippen molar-refractivity contribution in [2.75, 3.05) is 18.5 Å². The first-order valence-corrected chi connectivity index (χ1v) is 9.39. The van der Waals surface area contributed by atoms with Crippen LogP contribution in [0.15, 0.2) is 30.5 Å². The number of benzene rings is 1. The minimum atomic E-state index is -0.512. The lowest BCUT2D eigenvalue weighted by molar-refractivity contribution is 0.168. The third kappa shape index (κ3) is 4.90. The molecule has 0 aliphatic carbocycles. The van der Waals surface area contributed by atoms with Gasteiger partial charge in [0.1, 0.15) is 23.9 Å². The number of anilines is 1. The normalized spacial score (nSPS) is 12.0. The number of ether oxygens (including phenoxy) is 3. The number of fused-ring (bicyclic) bond motifs is 3. The van der Waals surface area contributed by atoms with Crippen molar-refractivity contribution in [2.24, 2.45) is 5.92 Å². The van der Waals surface area contributed by atoms with Crippen LogP contribution in [0.5, 0.6) is 11.5 Å². The minimum Gasteiger partial charge on any atom is -0.493 e. The predicted octanol–water partition coefficient (Wildman–Crippen LogP) is 5.02. The molecule has 27 heavy (non-hydrogen) atoms. The Morgan fingerprint density at radius 2 is 2.15 bits per heavy atom. The number of nitrogens with zero attached hydrogens (tertiary/aromatic N) is 1. The summed E-state index contributed by atoms with van der Waals surface area (Å²) in [6.07, 6.45) is 3.39. The van der Waals surface area contributed by atoms with Gasteiger partial charge < -0.3 is 14.2 Å². The van der Waals surface area contributed by atoms with Gasteiger partial charge in [0.05, 0.1) is 13.2 Å². The molecule has 0 unspecified atom stereocenters. The number of hydrogen-bond donors (Lipinski definition) is 1. The monoisotopic (exact) mass is 370 g/mol. The summed E-state index contributed by atoms with van der Waals surface area (Å²) in [5, 5.41) is 2.64. The maximum atomic E-state index is 11.6. The molecule has 1 N–H and O–H groups in total. The summed E-state index contributed by atoms with van der Waals surface area (Å²) in [7, 11) is 0. The molecule has 144 valence electrons. The quantitative estimate of drug-likeness (QED) is 0.693. The molecule has 0 bridgehead atoms. The first kappa shape index (κ1) is 19.0. The van der Waals surface area contributed by atoms with Crippen LogP contribution in [0.3, 0.4) is 0 Å². The second kappa shape index (κ2) is 8.75. The molecule has 0 atom stereocenters. The SMILES string of the molecule is CCOC(=O)Nc1cc2c(cn1)COc1cc(OCCCC(C)C)ccc1-2. The Labute approximate surface area is 159 Å². The van der Waals surface area contributed by atoms with Crippen molar-refractivity contribution < 1.29 is 19.0 Å². The zero-order valence-electron chi connectivity index (χ0n) is 16.1. The van der Waals surface area contributed by atoms with E-state index in [2.05, 4.69) is 24.1 Å². The van der Waals surface area contributed by atoms with Crippen LogP contribution in [0.4, 0.5) is 10.6 Å². The summed E-state index contributed by atoms with van der Waals surface area (Å²) in [6.45, 7) is 7.63. The van der Waals surface area contributed by atoms with Crippen molar-refractivity contribution in [3.63, 3.8) is 0 Å². The number of nitrogens with one attached hydrogen (secondary N) is 1. The van der Waals surface area contributed by atoms with Gasteiger partial charge in [0.25, 0.3) is 0 Å². The van der Waals surface area contributed by atoms with E-state index < -0.39 is 6.09 Å². The van der Waals surface area contributed by atoms with Crippen molar-refractivity contribution in [1.29, 1.82) is 0 Å². The van der Waals surface area contributed by atoms with E-state index in [1.807, 2.05) is 24.3 Å². The van der Waals surface area contributed by atoms with Gasteiger partial charge >= 0.3 is 6.09 Å². The largest absolute Gasteiger partial charge is 0.493 e. The van der Waals surface area contributed by atoms with E-state index in [1.54, 1.807) is 13.1 Å². The molecule has 0 radical (unpaired) electrons. The van der Waals surface area contributed by atoms with Crippen LogP contribution in [0.1, 0.15) is 39.2 Å². The van der Waals surface area contributed by atoms with E-state index in [4.69, 9.17) is 14.2 Å². The second-order valence-corrected chi connectivity index (χ2v) is 6.90. The van der Waals surface area contributed by atoms with Crippen molar-refractivity contribution in [1.82, 2.24) is 4.98 Å². The average Bonchev–Trinajstić information content (AvgIpc) is 2.65. The van der Waals surface area contributed by atoms with Gasteiger partial charge in [0, 0.05) is 23.4 Å². The third-order valence-corrected chi connectivity index (χ3v) is 4.31. The number of pyridine rings is 1. The zero-order chi connectivity index (χ0) is 19.2. The molecule has 2 aromatic rings. The summed E-state index contributed by atoms with van der Waals surface area (Å²) < 4.78 is 16.6. The molecule has 6 nitrogen and oxygen atoms in total. The summed E-state index contributed by atoms with van der Waals surface area (Å²) in [4.78, 5) is 15.9. The van der Waals surface area contributed by atoms with Crippen molar-refractivity contribution in [3.8, 4) is 22.6 Å². The van der Waals surface area contributed by atoms with Gasteiger partial charge in [-0.15, -0.1) is 0 Å². The average molecular weight is 370 g/mol. The summed E-state index contributed by atoms with van der Waals surface area (Å²) in [5.74, 6) is 2.72. The molecular weight excluding hydrogens is 344 g/mol. The van der Waals surface area contributed by atoms with E-state index in [1.165, 1.54) is 0 Å². The number of carbonyl (C=O) groups is 1. The van der Waals surface area contributed by atoms with Gasteiger partial charge in [0.15, 0.2) is 0 Å². The van der Waals surface area contributed by atoms with E-state index >= 15 is 0 Å². The fourth-order valence-electron chi connectivity index (χ4n) is 2.96. The van der Waals surface area contributed by atoms with Gasteiger partial charge in [0.2, 0.25) is 0 Å². The third-order valence-electron chi connectivity index (χ3n) is 4.31. The summed E-state index contributed by atoms with van der Waals surface area (Å²) in [6, 6.07) is 7.70. The molecule has 0 saturated carbocycles. The number of aromatic nitrogens is 1. The Morgan fingerprint density at radius 3 is 2.93 bits per heavy atom. The molecule has 1 aromatic carbocycles. The lowest BCUT2D eigenvalue weighted by Gasteiger charge is -2.22. The number of amides is 1. The summed E-state index contributed by atoms with van der Waals surface area (Å²) >= 11 is 0. The highest BCUT2D eigenvalue weighted by atomic mass is 16.5. The van der Waals surface area contributed by atoms with Crippen LogP contribution in [-0.2, 0) is 11.3 Å². The maximum Gasteiger partial charge on any atom is 0.412 e. The van der Waals surface area contributed by atoms with Gasteiger partial charge in [-0.1, -0.05) is 13.8 Å². The lowest BCUT2D eigenvalue weighted by atomic mass is 9.98. The van der Waals surface area contributed by atoms with Gasteiger partial charge in [-0.25, -0.2) is 9.78 Å². The molecule has 0 fully saturated rings. The molecule has 1 amide bonds. The van der Waals surface area contributed by atoms with E-state index in [9.17, 15) is 4.79 Å². The molecule has 2 heterocycles. The van der Waals surface area contributed by atoms with Crippen LogP contribution >= 0.6 is 0 Å². The van der Waals surface area contributed by atoms with Gasteiger partial charge in [-0.2, -0.15) is 0 Å². The molecule has 0 saturated heterocycles. The number of rotatable bonds is 7. The standard InChI is InChI=1S/C21H26N2O4/c1-4-25-21(24)23-20-11-18-15(12-22-20)13-27-19-10-16(7-8-17(18)19)26-9-5-6-14(2)3/h7-8,10-12,14H,4-6,9,13H2,1-3H3,(H,22,23,24). The lowest BCUT2D eigenvalue weighted by Crippen LogP contribution is -2.15. The fraction of sp³-hybridized carbons (Fsp3) is 0.429. The topological polar surface area (TPSA) is 69.7 Å². The molecule has 0 spiro atoms. The van der Waals surface area contributed by atoms with Crippen LogP contribution < -0.4 is 14.8 Å². The number of carbonyl (C=O) groups excluding carboxylic acids is 1. The van der Waals surface area contributed by atoms with Crippen molar-refractivity contribution in [2.45, 2.75) is 40.2 Å². The Balaban J connectivity index is 1.74. The highest BCUT2D eigenvalue weighted by Gasteiger charge is 2.19. The highest BCUT2D eigenvalue weighted by Crippen LogP contribution is 2.40. The minimum absolute atomic E-state index is 0.313. The Morgan fingerprint density at radius 1 is 1.30 bits per heavy atom. The summed E-state index contributed by atoms with van der Waals surface area (Å²) in [5.41, 5.74) is 2.92. The van der Waals surface area contributed by atoms with E-state index in [-0.39, 0.29) is 0 Å². The highest BCUT2D eigenvalue weighted by molar-refractivity contribution is 5.85. The maximum absolute atomic E-state index is 11.6. The first-order valence-electron chi connectivity index (χ1n) is 9.39. The second-order valence-electron chi connectivity index (χ2n) is 6.90. The van der Waals surface area contributed by atoms with Crippen LogP contribution in [-0.4, -0.2) is 24.3 Å². The Kier molecular flexibility index (Phi) is 6.16. The molecule has 6 heteroatoms. The van der Waals surface area contributed by atoms with E-state index in [0.29, 0.717) is 31.6 Å². The van der Waals surface area contributed by atoms with Crippen molar-refractivity contribution >= 4 is 11.9 Å². The molecule has 1 aromatic heterocycles.